The fourth-order valence-corrected chi connectivity index (χ4v) is 4.14. The highest BCUT2D eigenvalue weighted by atomic mass is 35.5. The van der Waals surface area contributed by atoms with Gasteiger partial charge < -0.3 is 10.6 Å². The van der Waals surface area contributed by atoms with Crippen molar-refractivity contribution in [2.75, 3.05) is 23.1 Å². The zero-order valence-electron chi connectivity index (χ0n) is 16.2. The predicted molar refractivity (Wildman–Crippen MR) is 124 cm³/mol. The van der Waals surface area contributed by atoms with Gasteiger partial charge in [0.05, 0.1) is 11.4 Å². The molecule has 0 aliphatic carbocycles. The van der Waals surface area contributed by atoms with E-state index in [-0.39, 0.29) is 17.3 Å². The SMILES string of the molecule is Cl.O=S(=O)(Nc1ccc(Cc2ccc(NC3=NCCN3)cc2)cc1)c1ccccc1. The first-order chi connectivity index (χ1) is 14.1. The third-order valence-electron chi connectivity index (χ3n) is 4.56. The van der Waals surface area contributed by atoms with Gasteiger partial charge in [-0.25, -0.2) is 8.42 Å². The highest BCUT2D eigenvalue weighted by Crippen LogP contribution is 2.19. The summed E-state index contributed by atoms with van der Waals surface area (Å²) < 4.78 is 27.4. The number of hydrogen-bond acceptors (Lipinski definition) is 5. The molecule has 0 bridgehead atoms. The molecule has 3 aromatic carbocycles. The van der Waals surface area contributed by atoms with Crippen LogP contribution in [0.4, 0.5) is 11.4 Å². The van der Waals surface area contributed by atoms with Gasteiger partial charge in [0.1, 0.15) is 0 Å². The molecule has 3 aromatic rings. The lowest BCUT2D eigenvalue weighted by molar-refractivity contribution is 0.601. The van der Waals surface area contributed by atoms with E-state index in [1.54, 1.807) is 42.5 Å². The molecule has 8 heteroatoms. The molecule has 30 heavy (non-hydrogen) atoms. The Morgan fingerprint density at radius 1 is 0.833 bits per heavy atom. The Labute approximate surface area is 182 Å². The molecule has 0 fully saturated rings. The van der Waals surface area contributed by atoms with E-state index in [1.807, 2.05) is 24.3 Å². The molecule has 1 aliphatic heterocycles. The lowest BCUT2D eigenvalue weighted by atomic mass is 10.0. The van der Waals surface area contributed by atoms with Crippen molar-refractivity contribution in [3.63, 3.8) is 0 Å². The summed E-state index contributed by atoms with van der Waals surface area (Å²) in [6.07, 6.45) is 0.769. The standard InChI is InChI=1S/C22H22N4O2S.ClH/c27-29(28,21-4-2-1-3-5-21)26-20-12-8-18(9-13-20)16-17-6-10-19(11-7-17)25-22-23-14-15-24-22;/h1-13,26H,14-16H2,(H2,23,24,25);1H. The number of aliphatic imine (C=N–C) groups is 1. The number of halogens is 1. The molecule has 0 aromatic heterocycles. The number of guanidine groups is 1. The summed E-state index contributed by atoms with van der Waals surface area (Å²) in [7, 11) is -3.57. The van der Waals surface area contributed by atoms with Gasteiger partial charge in [-0.3, -0.25) is 9.71 Å². The molecule has 0 unspecified atom stereocenters. The predicted octanol–water partition coefficient (Wildman–Crippen LogP) is 3.87. The van der Waals surface area contributed by atoms with Gasteiger partial charge in [-0.15, -0.1) is 12.4 Å². The van der Waals surface area contributed by atoms with Crippen molar-refractivity contribution in [2.45, 2.75) is 11.3 Å². The van der Waals surface area contributed by atoms with Crippen LogP contribution in [0.15, 0.2) is 88.8 Å². The van der Waals surface area contributed by atoms with Gasteiger partial charge in [0.2, 0.25) is 0 Å². The van der Waals surface area contributed by atoms with Crippen molar-refractivity contribution in [1.82, 2.24) is 5.32 Å². The van der Waals surface area contributed by atoms with Crippen LogP contribution in [0.3, 0.4) is 0 Å². The highest BCUT2D eigenvalue weighted by molar-refractivity contribution is 7.92. The third-order valence-corrected chi connectivity index (χ3v) is 5.96. The Bertz CT molecular complexity index is 1100. The molecular formula is C22H23ClN4O2S. The fourth-order valence-electron chi connectivity index (χ4n) is 3.06. The summed E-state index contributed by atoms with van der Waals surface area (Å²) in [5, 5.41) is 6.43. The second kappa shape index (κ2) is 9.65. The molecule has 1 heterocycles. The van der Waals surface area contributed by atoms with Crippen molar-refractivity contribution in [1.29, 1.82) is 0 Å². The second-order valence-corrected chi connectivity index (χ2v) is 8.45. The maximum absolute atomic E-state index is 12.4. The first kappa shape index (κ1) is 21.7. The lowest BCUT2D eigenvalue weighted by Gasteiger charge is -2.10. The highest BCUT2D eigenvalue weighted by Gasteiger charge is 2.13. The van der Waals surface area contributed by atoms with Crippen LogP contribution >= 0.6 is 12.4 Å². The lowest BCUT2D eigenvalue weighted by Crippen LogP contribution is -2.26. The minimum Gasteiger partial charge on any atom is -0.354 e. The fraction of sp³-hybridized carbons (Fsp3) is 0.136. The number of hydrogen-bond donors (Lipinski definition) is 3. The minimum absolute atomic E-state index is 0. The van der Waals surface area contributed by atoms with E-state index in [4.69, 9.17) is 0 Å². The van der Waals surface area contributed by atoms with E-state index in [0.717, 1.165) is 36.7 Å². The van der Waals surface area contributed by atoms with E-state index < -0.39 is 10.0 Å². The number of rotatable bonds is 6. The maximum atomic E-state index is 12.4. The van der Waals surface area contributed by atoms with Gasteiger partial charge in [0.15, 0.2) is 5.96 Å². The van der Waals surface area contributed by atoms with Crippen molar-refractivity contribution in [3.05, 3.63) is 90.0 Å². The van der Waals surface area contributed by atoms with E-state index >= 15 is 0 Å². The topological polar surface area (TPSA) is 82.6 Å². The number of anilines is 2. The van der Waals surface area contributed by atoms with Crippen LogP contribution in [0.5, 0.6) is 0 Å². The maximum Gasteiger partial charge on any atom is 0.261 e. The number of sulfonamides is 1. The molecule has 6 nitrogen and oxygen atoms in total. The van der Waals surface area contributed by atoms with E-state index in [1.165, 1.54) is 5.56 Å². The molecule has 0 radical (unpaired) electrons. The van der Waals surface area contributed by atoms with Crippen LogP contribution < -0.4 is 15.4 Å². The molecule has 1 aliphatic rings. The molecule has 0 saturated heterocycles. The second-order valence-electron chi connectivity index (χ2n) is 6.77. The van der Waals surface area contributed by atoms with Gasteiger partial charge in [-0.2, -0.15) is 0 Å². The first-order valence-corrected chi connectivity index (χ1v) is 10.9. The molecule has 156 valence electrons. The van der Waals surface area contributed by atoms with Crippen LogP contribution in [0.25, 0.3) is 0 Å². The Morgan fingerprint density at radius 3 is 2.00 bits per heavy atom. The van der Waals surface area contributed by atoms with E-state index in [2.05, 4.69) is 32.5 Å². The zero-order chi connectivity index (χ0) is 20.1. The van der Waals surface area contributed by atoms with Crippen LogP contribution in [-0.4, -0.2) is 27.5 Å². The smallest absolute Gasteiger partial charge is 0.261 e. The molecule has 3 N–H and O–H groups in total. The normalized spacial score (nSPS) is 13.0. The van der Waals surface area contributed by atoms with Gasteiger partial charge >= 0.3 is 0 Å². The van der Waals surface area contributed by atoms with Gasteiger partial charge in [-0.1, -0.05) is 42.5 Å². The van der Waals surface area contributed by atoms with Crippen LogP contribution in [0.2, 0.25) is 0 Å². The molecule has 0 spiro atoms. The Hall–Kier alpha value is -3.03. The van der Waals surface area contributed by atoms with Crippen molar-refractivity contribution in [3.8, 4) is 0 Å². The monoisotopic (exact) mass is 442 g/mol. The van der Waals surface area contributed by atoms with Crippen LogP contribution in [0.1, 0.15) is 11.1 Å². The molecule has 0 atom stereocenters. The van der Waals surface area contributed by atoms with Crippen molar-refractivity contribution in [2.24, 2.45) is 4.99 Å². The quantitative estimate of drug-likeness (QED) is 0.541. The summed E-state index contributed by atoms with van der Waals surface area (Å²) in [6.45, 7) is 1.68. The number of nitrogens with zero attached hydrogens (tertiary/aromatic N) is 1. The van der Waals surface area contributed by atoms with Crippen molar-refractivity contribution < 1.29 is 8.42 Å². The van der Waals surface area contributed by atoms with Gasteiger partial charge in [-0.05, 0) is 53.9 Å². The van der Waals surface area contributed by atoms with Gasteiger partial charge in [0.25, 0.3) is 10.0 Å². The van der Waals surface area contributed by atoms with Crippen LogP contribution in [-0.2, 0) is 16.4 Å². The minimum atomic E-state index is -3.57. The largest absolute Gasteiger partial charge is 0.354 e. The number of benzene rings is 3. The Balaban J connectivity index is 0.00000256. The summed E-state index contributed by atoms with van der Waals surface area (Å²) >= 11 is 0. The average Bonchev–Trinajstić information content (AvgIpc) is 3.24. The van der Waals surface area contributed by atoms with Crippen molar-refractivity contribution >= 4 is 39.8 Å². The molecular weight excluding hydrogens is 420 g/mol. The molecule has 4 rings (SSSR count). The molecule has 0 saturated carbocycles. The summed E-state index contributed by atoms with van der Waals surface area (Å²) in [5.74, 6) is 0.811. The third kappa shape index (κ3) is 5.52. The summed E-state index contributed by atoms with van der Waals surface area (Å²) in [5.41, 5.74) is 3.82. The average molecular weight is 443 g/mol. The Morgan fingerprint density at radius 2 is 1.43 bits per heavy atom. The van der Waals surface area contributed by atoms with E-state index in [0.29, 0.717) is 5.69 Å². The van der Waals surface area contributed by atoms with Gasteiger partial charge in [0, 0.05) is 17.9 Å². The Kier molecular flexibility index (Phi) is 6.97. The van der Waals surface area contributed by atoms with E-state index in [9.17, 15) is 8.42 Å². The van der Waals surface area contributed by atoms with Crippen LogP contribution in [0, 0.1) is 0 Å². The summed E-state index contributed by atoms with van der Waals surface area (Å²) in [6, 6.07) is 24.0. The zero-order valence-corrected chi connectivity index (χ0v) is 17.8. The summed E-state index contributed by atoms with van der Waals surface area (Å²) in [4.78, 5) is 4.57. The number of nitrogens with one attached hydrogen (secondary N) is 3. The molecule has 0 amide bonds. The first-order valence-electron chi connectivity index (χ1n) is 9.40.